The van der Waals surface area contributed by atoms with Crippen molar-refractivity contribution in [3.8, 4) is 17.7 Å². The topological polar surface area (TPSA) is 55.1 Å². The van der Waals surface area contributed by atoms with Crippen molar-refractivity contribution in [2.24, 2.45) is 0 Å². The summed E-state index contributed by atoms with van der Waals surface area (Å²) in [5.41, 5.74) is 0.426. The zero-order valence-electron chi connectivity index (χ0n) is 8.28. The number of nitriles is 1. The van der Waals surface area contributed by atoms with Gasteiger partial charge in [0, 0.05) is 6.07 Å². The summed E-state index contributed by atoms with van der Waals surface area (Å²) in [6, 6.07) is 3.64. The molecule has 0 amide bonds. The molecule has 0 saturated heterocycles. The number of hydrogen-bond acceptors (Lipinski definition) is 4. The molecule has 0 aliphatic rings. The van der Waals surface area contributed by atoms with E-state index < -0.39 is 0 Å². The lowest BCUT2D eigenvalue weighted by molar-refractivity contribution is 0.313. The second-order valence-corrected chi connectivity index (χ2v) is 2.50. The number of hydrogen-bond donors (Lipinski definition) is 0. The van der Waals surface area contributed by atoms with E-state index in [-0.39, 0.29) is 0 Å². The molecule has 1 heterocycles. The third kappa shape index (κ3) is 2.36. The summed E-state index contributed by atoms with van der Waals surface area (Å²) in [4.78, 5) is 3.96. The average Bonchev–Trinajstić information content (AvgIpc) is 2.19. The maximum Gasteiger partial charge on any atom is 0.217 e. The fourth-order valence-corrected chi connectivity index (χ4v) is 1.00. The lowest BCUT2D eigenvalue weighted by Gasteiger charge is -2.07. The first kappa shape index (κ1) is 10.3. The lowest BCUT2D eigenvalue weighted by Crippen LogP contribution is -1.99. The van der Waals surface area contributed by atoms with E-state index in [0.717, 1.165) is 0 Å². The Hall–Kier alpha value is -1.76. The summed E-state index contributed by atoms with van der Waals surface area (Å²) in [6.07, 6.45) is 1.45. The second-order valence-electron chi connectivity index (χ2n) is 2.50. The van der Waals surface area contributed by atoms with E-state index >= 15 is 0 Å². The van der Waals surface area contributed by atoms with Gasteiger partial charge in [-0.05, 0) is 13.8 Å². The van der Waals surface area contributed by atoms with Crippen LogP contribution in [0.15, 0.2) is 12.3 Å². The van der Waals surface area contributed by atoms with Crippen LogP contribution >= 0.6 is 0 Å². The van der Waals surface area contributed by atoms with Crippen molar-refractivity contribution >= 4 is 0 Å². The van der Waals surface area contributed by atoms with Crippen LogP contribution < -0.4 is 9.47 Å². The average molecular weight is 192 g/mol. The highest BCUT2D eigenvalue weighted by Crippen LogP contribution is 2.21. The Kier molecular flexibility index (Phi) is 3.74. The van der Waals surface area contributed by atoms with Gasteiger partial charge in [-0.2, -0.15) is 5.26 Å². The van der Waals surface area contributed by atoms with Gasteiger partial charge in [-0.3, -0.25) is 0 Å². The molecule has 0 radical (unpaired) electrons. The van der Waals surface area contributed by atoms with Crippen LogP contribution in [0.4, 0.5) is 0 Å². The van der Waals surface area contributed by atoms with Gasteiger partial charge in [0.25, 0.3) is 0 Å². The first-order valence-corrected chi connectivity index (χ1v) is 4.47. The molecule has 0 saturated carbocycles. The van der Waals surface area contributed by atoms with E-state index in [1.807, 2.05) is 19.9 Å². The Balaban J connectivity index is 2.96. The normalized spacial score (nSPS) is 9.21. The van der Waals surface area contributed by atoms with E-state index in [0.29, 0.717) is 30.4 Å². The number of ether oxygens (including phenoxy) is 2. The van der Waals surface area contributed by atoms with Crippen LogP contribution in [-0.4, -0.2) is 18.2 Å². The zero-order chi connectivity index (χ0) is 10.4. The molecular formula is C10H12N2O2. The molecule has 14 heavy (non-hydrogen) atoms. The minimum Gasteiger partial charge on any atom is -0.492 e. The van der Waals surface area contributed by atoms with E-state index in [1.165, 1.54) is 6.20 Å². The Morgan fingerprint density at radius 2 is 2.07 bits per heavy atom. The molecule has 74 valence electrons. The second kappa shape index (κ2) is 5.07. The monoisotopic (exact) mass is 192 g/mol. The molecule has 0 spiro atoms. The molecule has 0 atom stereocenters. The van der Waals surface area contributed by atoms with Crippen LogP contribution in [0.2, 0.25) is 0 Å². The Morgan fingerprint density at radius 1 is 1.36 bits per heavy atom. The van der Waals surface area contributed by atoms with Gasteiger partial charge in [0.1, 0.15) is 17.4 Å². The third-order valence-corrected chi connectivity index (χ3v) is 1.55. The predicted molar refractivity (Wildman–Crippen MR) is 51.3 cm³/mol. The first-order chi connectivity index (χ1) is 6.81. The Bertz CT molecular complexity index is 344. The molecule has 0 N–H and O–H groups in total. The standard InChI is InChI=1S/C10H12N2O2/c1-3-13-9-5-10(14-4-2)12-7-8(9)6-11/h5,7H,3-4H2,1-2H3. The molecule has 0 aromatic carbocycles. The Morgan fingerprint density at radius 3 is 2.64 bits per heavy atom. The third-order valence-electron chi connectivity index (χ3n) is 1.55. The van der Waals surface area contributed by atoms with E-state index in [2.05, 4.69) is 4.98 Å². The molecule has 0 unspecified atom stereocenters. The summed E-state index contributed by atoms with van der Waals surface area (Å²) in [5, 5.41) is 8.76. The van der Waals surface area contributed by atoms with Crippen molar-refractivity contribution < 1.29 is 9.47 Å². The molecule has 0 aliphatic heterocycles. The van der Waals surface area contributed by atoms with E-state index in [1.54, 1.807) is 6.07 Å². The fraction of sp³-hybridized carbons (Fsp3) is 0.400. The van der Waals surface area contributed by atoms with Gasteiger partial charge in [-0.1, -0.05) is 0 Å². The smallest absolute Gasteiger partial charge is 0.217 e. The van der Waals surface area contributed by atoms with Gasteiger partial charge in [0.2, 0.25) is 5.88 Å². The maximum absolute atomic E-state index is 8.76. The minimum atomic E-state index is 0.426. The van der Waals surface area contributed by atoms with Gasteiger partial charge < -0.3 is 9.47 Å². The van der Waals surface area contributed by atoms with Gasteiger partial charge in [0.15, 0.2) is 0 Å². The lowest BCUT2D eigenvalue weighted by atomic mass is 10.3. The number of aromatic nitrogens is 1. The molecule has 1 rings (SSSR count). The highest BCUT2D eigenvalue weighted by molar-refractivity contribution is 5.43. The van der Waals surface area contributed by atoms with Crippen LogP contribution in [0.5, 0.6) is 11.6 Å². The highest BCUT2D eigenvalue weighted by Gasteiger charge is 2.05. The number of nitrogens with zero attached hydrogens (tertiary/aromatic N) is 2. The summed E-state index contributed by atoms with van der Waals surface area (Å²) in [7, 11) is 0. The van der Waals surface area contributed by atoms with Crippen molar-refractivity contribution in [1.82, 2.24) is 4.98 Å². The van der Waals surface area contributed by atoms with Crippen molar-refractivity contribution in [3.05, 3.63) is 17.8 Å². The van der Waals surface area contributed by atoms with E-state index in [4.69, 9.17) is 14.7 Å². The van der Waals surface area contributed by atoms with Crippen molar-refractivity contribution in [1.29, 1.82) is 5.26 Å². The quantitative estimate of drug-likeness (QED) is 0.729. The molecule has 0 fully saturated rings. The molecule has 0 aliphatic carbocycles. The maximum atomic E-state index is 8.76. The summed E-state index contributed by atoms with van der Waals surface area (Å²) in [5.74, 6) is 1.00. The summed E-state index contributed by atoms with van der Waals surface area (Å²) >= 11 is 0. The van der Waals surface area contributed by atoms with Crippen LogP contribution in [0.25, 0.3) is 0 Å². The van der Waals surface area contributed by atoms with Crippen molar-refractivity contribution in [2.45, 2.75) is 13.8 Å². The zero-order valence-corrected chi connectivity index (χ0v) is 8.28. The summed E-state index contributed by atoms with van der Waals surface area (Å²) in [6.45, 7) is 4.80. The highest BCUT2D eigenvalue weighted by atomic mass is 16.5. The largest absolute Gasteiger partial charge is 0.492 e. The Labute approximate surface area is 83.1 Å². The molecule has 1 aromatic heterocycles. The molecule has 0 bridgehead atoms. The van der Waals surface area contributed by atoms with Crippen LogP contribution in [-0.2, 0) is 0 Å². The number of pyridine rings is 1. The molecule has 4 heteroatoms. The minimum absolute atomic E-state index is 0.426. The van der Waals surface area contributed by atoms with Crippen molar-refractivity contribution in [2.75, 3.05) is 13.2 Å². The van der Waals surface area contributed by atoms with Gasteiger partial charge in [0.05, 0.1) is 19.4 Å². The summed E-state index contributed by atoms with van der Waals surface area (Å²) < 4.78 is 10.5. The predicted octanol–water partition coefficient (Wildman–Crippen LogP) is 1.75. The van der Waals surface area contributed by atoms with Gasteiger partial charge in [-0.25, -0.2) is 4.98 Å². The first-order valence-electron chi connectivity index (χ1n) is 4.47. The van der Waals surface area contributed by atoms with Crippen LogP contribution in [0.1, 0.15) is 19.4 Å². The molecule has 4 nitrogen and oxygen atoms in total. The van der Waals surface area contributed by atoms with Crippen LogP contribution in [0.3, 0.4) is 0 Å². The van der Waals surface area contributed by atoms with Gasteiger partial charge in [-0.15, -0.1) is 0 Å². The number of rotatable bonds is 4. The van der Waals surface area contributed by atoms with Crippen molar-refractivity contribution in [3.63, 3.8) is 0 Å². The molecule has 1 aromatic rings. The fourth-order valence-electron chi connectivity index (χ4n) is 1.00. The molecular weight excluding hydrogens is 180 g/mol. The van der Waals surface area contributed by atoms with Gasteiger partial charge >= 0.3 is 0 Å². The van der Waals surface area contributed by atoms with Crippen LogP contribution in [0, 0.1) is 11.3 Å². The van der Waals surface area contributed by atoms with E-state index in [9.17, 15) is 0 Å². The SMILES string of the molecule is CCOc1cc(OCC)c(C#N)cn1.